The Morgan fingerprint density at radius 2 is 2.06 bits per heavy atom. The van der Waals surface area contributed by atoms with Crippen molar-refractivity contribution in [3.05, 3.63) is 46.0 Å². The number of hydrogen-bond acceptors (Lipinski definition) is 3. The fraction of sp³-hybridized carbons (Fsp3) is 0. The van der Waals surface area contributed by atoms with E-state index in [9.17, 15) is 4.79 Å². The molecule has 6 heteroatoms. The third-order valence-corrected chi connectivity index (χ3v) is 3.94. The number of imidazole rings is 1. The van der Waals surface area contributed by atoms with Gasteiger partial charge < -0.3 is 5.11 Å². The molecule has 3 aromatic rings. The van der Waals surface area contributed by atoms with Crippen LogP contribution >= 0.6 is 27.3 Å². The van der Waals surface area contributed by atoms with Crippen LogP contribution in [0.1, 0.15) is 10.5 Å². The molecule has 0 aliphatic heterocycles. The minimum Gasteiger partial charge on any atom is -0.477 e. The molecule has 2 heterocycles. The van der Waals surface area contributed by atoms with Crippen LogP contribution in [0.5, 0.6) is 0 Å². The van der Waals surface area contributed by atoms with E-state index in [1.165, 1.54) is 11.3 Å². The van der Waals surface area contributed by atoms with E-state index in [1.54, 1.807) is 16.0 Å². The second-order valence-corrected chi connectivity index (χ2v) is 5.46. The van der Waals surface area contributed by atoms with Crippen LogP contribution in [0, 0.1) is 0 Å². The monoisotopic (exact) mass is 322 g/mol. The van der Waals surface area contributed by atoms with Crippen LogP contribution in [0.2, 0.25) is 0 Å². The smallest absolute Gasteiger partial charge is 0.353 e. The first kappa shape index (κ1) is 11.4. The molecule has 2 aromatic heterocycles. The molecular weight excluding hydrogens is 316 g/mol. The van der Waals surface area contributed by atoms with Crippen molar-refractivity contribution in [3.63, 3.8) is 0 Å². The minimum atomic E-state index is -0.944. The fourth-order valence-corrected chi connectivity index (χ4v) is 2.81. The normalized spacial score (nSPS) is 10.9. The first-order chi connectivity index (χ1) is 8.65. The number of aromatic carboxylic acids is 1. The van der Waals surface area contributed by atoms with Crippen LogP contribution in [0.4, 0.5) is 0 Å². The lowest BCUT2D eigenvalue weighted by Gasteiger charge is -1.95. The zero-order valence-electron chi connectivity index (χ0n) is 9.00. The Morgan fingerprint density at radius 1 is 1.33 bits per heavy atom. The maximum atomic E-state index is 11.0. The standard InChI is InChI=1S/C12H7BrN2O2S/c13-8-3-1-7(2-4-8)9-5-15-10(11(16)17)6-18-12(15)14-9/h1-6H,(H,16,17). The van der Waals surface area contributed by atoms with Crippen LogP contribution < -0.4 is 0 Å². The van der Waals surface area contributed by atoms with E-state index in [1.807, 2.05) is 24.3 Å². The number of nitrogens with zero attached hydrogens (tertiary/aromatic N) is 2. The largest absolute Gasteiger partial charge is 0.477 e. The lowest BCUT2D eigenvalue weighted by Crippen LogP contribution is -1.99. The molecule has 0 bridgehead atoms. The SMILES string of the molecule is O=C(O)c1csc2nc(-c3ccc(Br)cc3)cn12. The molecule has 18 heavy (non-hydrogen) atoms. The molecule has 4 nitrogen and oxygen atoms in total. The van der Waals surface area contributed by atoms with Gasteiger partial charge in [-0.3, -0.25) is 4.40 Å². The Labute approximate surface area is 115 Å². The molecule has 0 saturated heterocycles. The van der Waals surface area contributed by atoms with Crippen molar-refractivity contribution in [1.82, 2.24) is 9.38 Å². The zero-order valence-corrected chi connectivity index (χ0v) is 11.4. The summed E-state index contributed by atoms with van der Waals surface area (Å²) >= 11 is 4.70. The fourth-order valence-electron chi connectivity index (χ4n) is 1.70. The van der Waals surface area contributed by atoms with Crippen molar-refractivity contribution < 1.29 is 9.90 Å². The molecule has 0 atom stereocenters. The van der Waals surface area contributed by atoms with Crippen LogP contribution in [0.25, 0.3) is 16.2 Å². The van der Waals surface area contributed by atoms with Gasteiger partial charge in [0, 0.05) is 21.6 Å². The van der Waals surface area contributed by atoms with E-state index in [0.717, 1.165) is 15.7 Å². The van der Waals surface area contributed by atoms with Gasteiger partial charge >= 0.3 is 5.97 Å². The molecule has 90 valence electrons. The summed E-state index contributed by atoms with van der Waals surface area (Å²) in [5, 5.41) is 10.6. The summed E-state index contributed by atoms with van der Waals surface area (Å²) in [5.41, 5.74) is 1.98. The Bertz CT molecular complexity index is 730. The Balaban J connectivity index is 2.13. The molecule has 0 fully saturated rings. The summed E-state index contributed by atoms with van der Waals surface area (Å²) in [6.45, 7) is 0. The lowest BCUT2D eigenvalue weighted by molar-refractivity contribution is 0.0689. The zero-order chi connectivity index (χ0) is 12.7. The number of carboxylic acid groups (broad SMARTS) is 1. The van der Waals surface area contributed by atoms with Gasteiger partial charge in [0.2, 0.25) is 0 Å². The molecule has 0 radical (unpaired) electrons. The number of carbonyl (C=O) groups is 1. The van der Waals surface area contributed by atoms with E-state index >= 15 is 0 Å². The predicted octanol–water partition coefficient (Wildman–Crippen LogP) is 3.52. The first-order valence-electron chi connectivity index (χ1n) is 5.11. The molecule has 0 saturated carbocycles. The first-order valence-corrected chi connectivity index (χ1v) is 6.78. The van der Waals surface area contributed by atoms with E-state index < -0.39 is 5.97 Å². The maximum Gasteiger partial charge on any atom is 0.353 e. The van der Waals surface area contributed by atoms with Crippen molar-refractivity contribution in [2.75, 3.05) is 0 Å². The highest BCUT2D eigenvalue weighted by atomic mass is 79.9. The Hall–Kier alpha value is -1.66. The molecule has 0 amide bonds. The van der Waals surface area contributed by atoms with Crippen molar-refractivity contribution >= 4 is 38.2 Å². The Morgan fingerprint density at radius 3 is 2.72 bits per heavy atom. The summed E-state index contributed by atoms with van der Waals surface area (Å²) in [4.78, 5) is 16.1. The van der Waals surface area contributed by atoms with Gasteiger partial charge in [0.15, 0.2) is 4.96 Å². The van der Waals surface area contributed by atoms with Crippen molar-refractivity contribution in [3.8, 4) is 11.3 Å². The molecule has 1 aromatic carbocycles. The highest BCUT2D eigenvalue weighted by Gasteiger charge is 2.13. The van der Waals surface area contributed by atoms with Crippen LogP contribution in [-0.4, -0.2) is 20.5 Å². The summed E-state index contributed by atoms with van der Waals surface area (Å²) in [6, 6.07) is 7.75. The molecule has 3 rings (SSSR count). The highest BCUT2D eigenvalue weighted by Crippen LogP contribution is 2.24. The third kappa shape index (κ3) is 1.83. The minimum absolute atomic E-state index is 0.242. The van der Waals surface area contributed by atoms with Gasteiger partial charge in [-0.25, -0.2) is 9.78 Å². The second kappa shape index (κ2) is 4.22. The van der Waals surface area contributed by atoms with Gasteiger partial charge in [0.05, 0.1) is 5.69 Å². The summed E-state index contributed by atoms with van der Waals surface area (Å²) in [6.07, 6.45) is 1.75. The Kier molecular flexibility index (Phi) is 2.68. The number of thiazole rings is 1. The van der Waals surface area contributed by atoms with E-state index in [0.29, 0.717) is 4.96 Å². The lowest BCUT2D eigenvalue weighted by atomic mass is 10.2. The van der Waals surface area contributed by atoms with Crippen LogP contribution in [0.15, 0.2) is 40.3 Å². The molecule has 0 unspecified atom stereocenters. The van der Waals surface area contributed by atoms with Gasteiger partial charge in [-0.1, -0.05) is 28.1 Å². The van der Waals surface area contributed by atoms with Gasteiger partial charge in [-0.15, -0.1) is 11.3 Å². The van der Waals surface area contributed by atoms with Gasteiger partial charge in [-0.05, 0) is 12.1 Å². The van der Waals surface area contributed by atoms with Crippen molar-refractivity contribution in [2.24, 2.45) is 0 Å². The molecule has 0 aliphatic rings. The third-order valence-electron chi connectivity index (χ3n) is 2.57. The van der Waals surface area contributed by atoms with Gasteiger partial charge in [-0.2, -0.15) is 0 Å². The number of hydrogen-bond donors (Lipinski definition) is 1. The summed E-state index contributed by atoms with van der Waals surface area (Å²) in [7, 11) is 0. The van der Waals surface area contributed by atoms with E-state index in [-0.39, 0.29) is 5.69 Å². The number of aromatic nitrogens is 2. The average Bonchev–Trinajstić information content (AvgIpc) is 2.88. The predicted molar refractivity (Wildman–Crippen MR) is 73.2 cm³/mol. The van der Waals surface area contributed by atoms with Crippen LogP contribution in [0.3, 0.4) is 0 Å². The second-order valence-electron chi connectivity index (χ2n) is 3.71. The molecular formula is C12H7BrN2O2S. The molecule has 0 spiro atoms. The van der Waals surface area contributed by atoms with Crippen molar-refractivity contribution in [1.29, 1.82) is 0 Å². The summed E-state index contributed by atoms with van der Waals surface area (Å²) in [5.74, 6) is -0.944. The summed E-state index contributed by atoms with van der Waals surface area (Å²) < 4.78 is 2.60. The maximum absolute atomic E-state index is 11.0. The topological polar surface area (TPSA) is 54.6 Å². The number of rotatable bonds is 2. The number of benzene rings is 1. The average molecular weight is 323 g/mol. The van der Waals surface area contributed by atoms with Crippen molar-refractivity contribution in [2.45, 2.75) is 0 Å². The van der Waals surface area contributed by atoms with Gasteiger partial charge in [0.25, 0.3) is 0 Å². The van der Waals surface area contributed by atoms with Crippen LogP contribution in [-0.2, 0) is 0 Å². The number of carboxylic acids is 1. The van der Waals surface area contributed by atoms with E-state index in [4.69, 9.17) is 5.11 Å². The van der Waals surface area contributed by atoms with E-state index in [2.05, 4.69) is 20.9 Å². The molecule has 1 N–H and O–H groups in total. The highest BCUT2D eigenvalue weighted by molar-refractivity contribution is 9.10. The van der Waals surface area contributed by atoms with Gasteiger partial charge in [0.1, 0.15) is 5.69 Å². The number of fused-ring (bicyclic) bond motifs is 1. The quantitative estimate of drug-likeness (QED) is 0.785. The number of halogens is 1. The molecule has 0 aliphatic carbocycles.